The predicted molar refractivity (Wildman–Crippen MR) is 48.0 cm³/mol. The number of aromatic nitrogens is 1. The Morgan fingerprint density at radius 3 is 3.00 bits per heavy atom. The highest BCUT2D eigenvalue weighted by Gasteiger charge is 2.04. The number of alkyl halides is 1. The van der Waals surface area contributed by atoms with Crippen molar-refractivity contribution >= 4 is 27.5 Å². The molecule has 0 saturated heterocycles. The zero-order valence-electron chi connectivity index (χ0n) is 5.97. The van der Waals surface area contributed by atoms with Crippen molar-refractivity contribution in [3.05, 3.63) is 22.4 Å². The lowest BCUT2D eigenvalue weighted by atomic mass is 10.3. The van der Waals surface area contributed by atoms with E-state index in [1.807, 2.05) is 0 Å². The first-order valence-corrected chi connectivity index (χ1v) is 4.35. The van der Waals surface area contributed by atoms with Crippen molar-refractivity contribution in [2.24, 2.45) is 0 Å². The smallest absolute Gasteiger partial charge is 0.136 e. The van der Waals surface area contributed by atoms with Gasteiger partial charge in [0.2, 0.25) is 0 Å². The number of ether oxygens (including phenoxy) is 1. The molecular formula is C7H7BrClNO. The molecule has 2 nitrogen and oxygen atoms in total. The molecule has 1 aromatic heterocycles. The summed E-state index contributed by atoms with van der Waals surface area (Å²) >= 11 is 8.94. The topological polar surface area (TPSA) is 22.1 Å². The lowest BCUT2D eigenvalue weighted by molar-refractivity contribution is 0.411. The van der Waals surface area contributed by atoms with Gasteiger partial charge in [0.05, 0.1) is 23.2 Å². The second-order valence-corrected chi connectivity index (χ2v) is 2.97. The van der Waals surface area contributed by atoms with Crippen molar-refractivity contribution in [3.63, 3.8) is 0 Å². The maximum Gasteiger partial charge on any atom is 0.136 e. The van der Waals surface area contributed by atoms with E-state index in [2.05, 4.69) is 20.9 Å². The summed E-state index contributed by atoms with van der Waals surface area (Å²) in [6.45, 7) is 0. The Hall–Kier alpha value is -0.280. The first kappa shape index (κ1) is 8.81. The molecule has 0 bridgehead atoms. The van der Waals surface area contributed by atoms with Crippen LogP contribution in [0.25, 0.3) is 0 Å². The molecule has 1 aromatic rings. The molecule has 4 heteroatoms. The number of rotatable bonds is 2. The van der Waals surface area contributed by atoms with Crippen molar-refractivity contribution in [2.45, 2.75) is 5.88 Å². The van der Waals surface area contributed by atoms with Crippen molar-refractivity contribution < 1.29 is 4.74 Å². The van der Waals surface area contributed by atoms with Crippen LogP contribution in [0.5, 0.6) is 5.75 Å². The van der Waals surface area contributed by atoms with Crippen LogP contribution in [0.3, 0.4) is 0 Å². The molecule has 60 valence electrons. The predicted octanol–water partition coefficient (Wildman–Crippen LogP) is 2.59. The Labute approximate surface area is 78.7 Å². The van der Waals surface area contributed by atoms with Gasteiger partial charge in [-0.3, -0.25) is 4.98 Å². The summed E-state index contributed by atoms with van der Waals surface area (Å²) in [5.41, 5.74) is 0.797. The van der Waals surface area contributed by atoms with Gasteiger partial charge in [0.25, 0.3) is 0 Å². The number of hydrogen-bond donors (Lipinski definition) is 0. The van der Waals surface area contributed by atoms with Crippen molar-refractivity contribution in [1.82, 2.24) is 4.98 Å². The summed E-state index contributed by atoms with van der Waals surface area (Å²) in [4.78, 5) is 4.05. The van der Waals surface area contributed by atoms with Gasteiger partial charge in [-0.25, -0.2) is 0 Å². The molecule has 1 rings (SSSR count). The standard InChI is InChI=1S/C7H7BrClNO/c1-11-6-2-3-10-5(4-9)7(6)8/h2-3H,4H2,1H3. The van der Waals surface area contributed by atoms with Crippen molar-refractivity contribution in [1.29, 1.82) is 0 Å². The lowest BCUT2D eigenvalue weighted by Crippen LogP contribution is -1.91. The summed E-state index contributed by atoms with van der Waals surface area (Å²) in [7, 11) is 1.61. The second-order valence-electron chi connectivity index (χ2n) is 1.91. The average Bonchev–Trinajstić information content (AvgIpc) is 2.05. The summed E-state index contributed by atoms with van der Waals surface area (Å²) in [6.07, 6.45) is 1.67. The number of pyridine rings is 1. The van der Waals surface area contributed by atoms with Gasteiger partial charge in [-0.1, -0.05) is 0 Å². The third kappa shape index (κ3) is 1.84. The first-order chi connectivity index (χ1) is 5.29. The normalized spacial score (nSPS) is 9.73. The van der Waals surface area contributed by atoms with E-state index < -0.39 is 0 Å². The van der Waals surface area contributed by atoms with Gasteiger partial charge < -0.3 is 4.74 Å². The highest BCUT2D eigenvalue weighted by molar-refractivity contribution is 9.10. The molecule has 0 unspecified atom stereocenters. The highest BCUT2D eigenvalue weighted by Crippen LogP contribution is 2.27. The quantitative estimate of drug-likeness (QED) is 0.737. The molecule has 0 N–H and O–H groups in total. The molecule has 0 aliphatic carbocycles. The van der Waals surface area contributed by atoms with E-state index in [4.69, 9.17) is 16.3 Å². The fourth-order valence-electron chi connectivity index (χ4n) is 0.718. The maximum atomic E-state index is 5.61. The molecule has 0 saturated carbocycles. The van der Waals surface area contributed by atoms with Gasteiger partial charge in [0.15, 0.2) is 0 Å². The zero-order chi connectivity index (χ0) is 8.27. The van der Waals surface area contributed by atoms with Gasteiger partial charge in [0.1, 0.15) is 5.75 Å². The van der Waals surface area contributed by atoms with Crippen LogP contribution in [0.4, 0.5) is 0 Å². The van der Waals surface area contributed by atoms with Crippen molar-refractivity contribution in [2.75, 3.05) is 7.11 Å². The SMILES string of the molecule is COc1ccnc(CCl)c1Br. The second kappa shape index (κ2) is 3.93. The van der Waals surface area contributed by atoms with Gasteiger partial charge in [-0.15, -0.1) is 11.6 Å². The Balaban J connectivity index is 3.10. The third-order valence-corrected chi connectivity index (χ3v) is 2.37. The molecule has 0 aliphatic rings. The Bertz CT molecular complexity index is 232. The van der Waals surface area contributed by atoms with E-state index in [9.17, 15) is 0 Å². The largest absolute Gasteiger partial charge is 0.495 e. The van der Waals surface area contributed by atoms with E-state index in [1.165, 1.54) is 0 Å². The first-order valence-electron chi connectivity index (χ1n) is 3.03. The molecular weight excluding hydrogens is 229 g/mol. The van der Waals surface area contributed by atoms with E-state index in [0.29, 0.717) is 5.88 Å². The summed E-state index contributed by atoms with van der Waals surface area (Å²) in [5, 5.41) is 0. The fraction of sp³-hybridized carbons (Fsp3) is 0.286. The molecule has 11 heavy (non-hydrogen) atoms. The minimum Gasteiger partial charge on any atom is -0.495 e. The molecule has 0 atom stereocenters. The number of hydrogen-bond acceptors (Lipinski definition) is 2. The number of halogens is 2. The number of methoxy groups -OCH3 is 1. The van der Waals surface area contributed by atoms with Crippen LogP contribution in [-0.4, -0.2) is 12.1 Å². The molecule has 0 radical (unpaired) electrons. The molecule has 0 spiro atoms. The van der Waals surface area contributed by atoms with Crippen LogP contribution in [0.15, 0.2) is 16.7 Å². The monoisotopic (exact) mass is 235 g/mol. The van der Waals surface area contributed by atoms with E-state index >= 15 is 0 Å². The molecule has 1 heterocycles. The minimum atomic E-state index is 0.387. The van der Waals surface area contributed by atoms with Gasteiger partial charge in [-0.2, -0.15) is 0 Å². The molecule has 0 fully saturated rings. The Morgan fingerprint density at radius 1 is 1.73 bits per heavy atom. The highest BCUT2D eigenvalue weighted by atomic mass is 79.9. The molecule has 0 amide bonds. The molecule has 0 aromatic carbocycles. The van der Waals surface area contributed by atoms with Crippen LogP contribution in [0.2, 0.25) is 0 Å². The van der Waals surface area contributed by atoms with Gasteiger partial charge >= 0.3 is 0 Å². The van der Waals surface area contributed by atoms with Gasteiger partial charge in [0, 0.05) is 6.20 Å². The van der Waals surface area contributed by atoms with Gasteiger partial charge in [-0.05, 0) is 22.0 Å². The summed E-state index contributed by atoms with van der Waals surface area (Å²) < 4.78 is 5.87. The lowest BCUT2D eigenvalue weighted by Gasteiger charge is -2.04. The van der Waals surface area contributed by atoms with Crippen LogP contribution in [-0.2, 0) is 5.88 Å². The van der Waals surface area contributed by atoms with E-state index in [-0.39, 0.29) is 0 Å². The Morgan fingerprint density at radius 2 is 2.45 bits per heavy atom. The average molecular weight is 236 g/mol. The fourth-order valence-corrected chi connectivity index (χ4v) is 1.62. The van der Waals surface area contributed by atoms with E-state index in [0.717, 1.165) is 15.9 Å². The van der Waals surface area contributed by atoms with Crippen LogP contribution in [0.1, 0.15) is 5.69 Å². The van der Waals surface area contributed by atoms with Crippen LogP contribution in [0, 0.1) is 0 Å². The Kier molecular flexibility index (Phi) is 3.15. The van der Waals surface area contributed by atoms with Crippen molar-refractivity contribution in [3.8, 4) is 5.75 Å². The summed E-state index contributed by atoms with van der Waals surface area (Å²) in [6, 6.07) is 1.78. The maximum absolute atomic E-state index is 5.61. The summed E-state index contributed by atoms with van der Waals surface area (Å²) in [5.74, 6) is 1.15. The van der Waals surface area contributed by atoms with E-state index in [1.54, 1.807) is 19.4 Å². The minimum absolute atomic E-state index is 0.387. The zero-order valence-corrected chi connectivity index (χ0v) is 8.32. The van der Waals surface area contributed by atoms with Crippen LogP contribution < -0.4 is 4.74 Å². The number of nitrogens with zero attached hydrogens (tertiary/aromatic N) is 1. The third-order valence-electron chi connectivity index (χ3n) is 1.27. The molecule has 0 aliphatic heterocycles. The van der Waals surface area contributed by atoms with Crippen LogP contribution >= 0.6 is 27.5 Å².